The van der Waals surface area contributed by atoms with Crippen LogP contribution < -0.4 is 0 Å². The van der Waals surface area contributed by atoms with Gasteiger partial charge in [0.1, 0.15) is 0 Å². The minimum Gasteiger partial charge on any atom is -0.478 e. The van der Waals surface area contributed by atoms with Crippen LogP contribution in [0.5, 0.6) is 0 Å². The van der Waals surface area contributed by atoms with Crippen LogP contribution in [0.4, 0.5) is 31.1 Å². The lowest BCUT2D eigenvalue weighted by molar-refractivity contribution is -0.308. The number of ether oxygens (including phenoxy) is 1. The Bertz CT molecular complexity index is 1100. The van der Waals surface area contributed by atoms with Gasteiger partial charge in [-0.15, -0.1) is 0 Å². The van der Waals surface area contributed by atoms with Gasteiger partial charge < -0.3 is 19.6 Å². The third-order valence-corrected chi connectivity index (χ3v) is 8.01. The molecule has 2 amide bonds. The molecule has 1 aromatic rings. The molecule has 3 saturated heterocycles. The van der Waals surface area contributed by atoms with Gasteiger partial charge in [0.15, 0.2) is 0 Å². The molecule has 4 rings (SSSR count). The first-order chi connectivity index (χ1) is 18.7. The van der Waals surface area contributed by atoms with Crippen molar-refractivity contribution in [3.05, 3.63) is 34.9 Å². The van der Waals surface area contributed by atoms with Crippen LogP contribution in [0.1, 0.15) is 71.2 Å². The molecule has 1 aromatic carbocycles. The second kappa shape index (κ2) is 11.5. The number of hydrogen-bond donors (Lipinski definition) is 1. The highest BCUT2D eigenvalue weighted by Gasteiger charge is 2.60. The molecule has 0 bridgehead atoms. The van der Waals surface area contributed by atoms with Crippen LogP contribution in [0, 0.1) is 0 Å². The lowest BCUT2D eigenvalue weighted by Crippen LogP contribution is -2.54. The quantitative estimate of drug-likeness (QED) is 0.490. The largest absolute Gasteiger partial charge is 0.478 e. The maximum atomic E-state index is 13.1. The molecule has 1 N–H and O–H groups in total. The summed E-state index contributed by atoms with van der Waals surface area (Å²) in [7, 11) is 0. The third-order valence-electron chi connectivity index (χ3n) is 8.01. The van der Waals surface area contributed by atoms with Crippen molar-refractivity contribution < 1.29 is 50.6 Å². The number of aromatic carboxylic acids is 1. The van der Waals surface area contributed by atoms with Crippen molar-refractivity contribution >= 4 is 18.0 Å². The summed E-state index contributed by atoms with van der Waals surface area (Å²) in [5, 5.41) is 9.64. The van der Waals surface area contributed by atoms with Crippen LogP contribution in [-0.2, 0) is 11.3 Å². The van der Waals surface area contributed by atoms with E-state index in [1.54, 1.807) is 11.0 Å². The van der Waals surface area contributed by atoms with Crippen LogP contribution in [0.3, 0.4) is 0 Å². The van der Waals surface area contributed by atoms with Crippen LogP contribution in [-0.4, -0.2) is 94.5 Å². The number of amides is 2. The Labute approximate surface area is 226 Å². The number of rotatable bonds is 5. The first kappa shape index (κ1) is 29.9. The van der Waals surface area contributed by atoms with E-state index in [0.29, 0.717) is 51.0 Å². The lowest BCUT2D eigenvalue weighted by Gasteiger charge is -2.45. The minimum absolute atomic E-state index is 0.0208. The topological polar surface area (TPSA) is 90.4 Å². The Kier molecular flexibility index (Phi) is 8.57. The van der Waals surface area contributed by atoms with Crippen molar-refractivity contribution in [1.82, 2.24) is 14.7 Å². The van der Waals surface area contributed by atoms with E-state index >= 15 is 0 Å². The van der Waals surface area contributed by atoms with Crippen molar-refractivity contribution in [1.29, 1.82) is 0 Å². The second-order valence-corrected chi connectivity index (χ2v) is 10.7. The number of alkyl halides is 6. The zero-order valence-electron chi connectivity index (χ0n) is 21.7. The summed E-state index contributed by atoms with van der Waals surface area (Å²) in [4.78, 5) is 41.8. The summed E-state index contributed by atoms with van der Waals surface area (Å²) < 4.78 is 80.8. The first-order valence-corrected chi connectivity index (χ1v) is 13.2. The number of benzene rings is 1. The number of carboxylic acid groups (broad SMARTS) is 1. The van der Waals surface area contributed by atoms with Crippen LogP contribution in [0.15, 0.2) is 18.2 Å². The Hall–Kier alpha value is -3.03. The molecule has 8 nitrogen and oxygen atoms in total. The van der Waals surface area contributed by atoms with Gasteiger partial charge in [0.2, 0.25) is 0 Å². The highest BCUT2D eigenvalue weighted by Crippen LogP contribution is 2.41. The Morgan fingerprint density at radius 1 is 0.800 bits per heavy atom. The van der Waals surface area contributed by atoms with Gasteiger partial charge in [-0.2, -0.15) is 26.3 Å². The van der Waals surface area contributed by atoms with E-state index in [-0.39, 0.29) is 30.1 Å². The van der Waals surface area contributed by atoms with E-state index in [1.165, 1.54) is 12.1 Å². The first-order valence-electron chi connectivity index (χ1n) is 13.2. The number of halogens is 6. The summed E-state index contributed by atoms with van der Waals surface area (Å²) in [6.45, 7) is 1.95. The Balaban J connectivity index is 1.45. The van der Waals surface area contributed by atoms with Crippen molar-refractivity contribution in [3.8, 4) is 0 Å². The number of likely N-dealkylation sites (tertiary alicyclic amines) is 3. The molecule has 0 unspecified atom stereocenters. The highest BCUT2D eigenvalue weighted by atomic mass is 19.4. The number of carbonyl (C=O) groups excluding carboxylic acids is 2. The molecular weight excluding hydrogens is 548 g/mol. The van der Waals surface area contributed by atoms with Crippen molar-refractivity contribution in [2.24, 2.45) is 0 Å². The van der Waals surface area contributed by atoms with Gasteiger partial charge >= 0.3 is 24.4 Å². The molecule has 0 saturated carbocycles. The Morgan fingerprint density at radius 3 is 1.98 bits per heavy atom. The van der Waals surface area contributed by atoms with E-state index in [0.717, 1.165) is 30.6 Å². The fourth-order valence-corrected chi connectivity index (χ4v) is 5.94. The molecular formula is C26H31F6N3O5. The maximum absolute atomic E-state index is 13.1. The molecule has 3 aliphatic heterocycles. The van der Waals surface area contributed by atoms with E-state index in [1.807, 2.05) is 0 Å². The summed E-state index contributed by atoms with van der Waals surface area (Å²) >= 11 is 0. The lowest BCUT2D eigenvalue weighted by atomic mass is 9.84. The molecule has 0 atom stereocenters. The fraction of sp³-hybridized carbons (Fsp3) is 0.654. The summed E-state index contributed by atoms with van der Waals surface area (Å²) in [5.41, 5.74) is 0.404. The monoisotopic (exact) mass is 579 g/mol. The molecule has 3 heterocycles. The van der Waals surface area contributed by atoms with Gasteiger partial charge in [-0.05, 0) is 75.3 Å². The zero-order valence-corrected chi connectivity index (χ0v) is 21.7. The standard InChI is InChI=1S/C26H31F6N3O5/c27-25(28,29)22(26(30,31)32)40-23(39)34-11-6-24(7-12-34)5-4-10-35(24)16-17-13-18(15-19(14-17)21(37)38)20(36)33-8-2-1-3-9-33/h13-15,22H,1-12,16H2,(H,37,38). The van der Waals surface area contributed by atoms with Gasteiger partial charge in [-0.1, -0.05) is 0 Å². The van der Waals surface area contributed by atoms with Gasteiger partial charge in [0, 0.05) is 43.8 Å². The minimum atomic E-state index is -5.79. The number of nitrogens with zero attached hydrogens (tertiary/aromatic N) is 3. The summed E-state index contributed by atoms with van der Waals surface area (Å²) in [6.07, 6.45) is -12.6. The molecule has 0 aliphatic carbocycles. The average Bonchev–Trinajstić information content (AvgIpc) is 3.27. The highest BCUT2D eigenvalue weighted by molar-refractivity contribution is 5.97. The molecule has 3 aliphatic rings. The van der Waals surface area contributed by atoms with E-state index in [9.17, 15) is 45.8 Å². The zero-order chi connectivity index (χ0) is 29.3. The van der Waals surface area contributed by atoms with Crippen molar-refractivity contribution in [3.63, 3.8) is 0 Å². The number of piperidine rings is 2. The maximum Gasteiger partial charge on any atom is 0.434 e. The van der Waals surface area contributed by atoms with E-state index in [2.05, 4.69) is 9.64 Å². The number of hydrogen-bond acceptors (Lipinski definition) is 5. The summed E-state index contributed by atoms with van der Waals surface area (Å²) in [6, 6.07) is 4.54. The normalized spacial score (nSPS) is 20.3. The van der Waals surface area contributed by atoms with Gasteiger partial charge in [0.25, 0.3) is 12.0 Å². The molecule has 3 fully saturated rings. The van der Waals surface area contributed by atoms with E-state index in [4.69, 9.17) is 0 Å². The Morgan fingerprint density at radius 2 is 1.40 bits per heavy atom. The molecule has 0 aromatic heterocycles. The van der Waals surface area contributed by atoms with Gasteiger partial charge in [-0.3, -0.25) is 9.69 Å². The third kappa shape index (κ3) is 6.64. The number of carbonyl (C=O) groups is 3. The van der Waals surface area contributed by atoms with Crippen LogP contribution >= 0.6 is 0 Å². The molecule has 0 radical (unpaired) electrons. The second-order valence-electron chi connectivity index (χ2n) is 10.7. The SMILES string of the molecule is O=C(O)c1cc(CN2CCCC23CCN(C(=O)OC(C(F)(F)F)C(F)(F)F)CC3)cc(C(=O)N2CCCCC2)c1. The predicted molar refractivity (Wildman–Crippen MR) is 129 cm³/mol. The van der Waals surface area contributed by atoms with Crippen LogP contribution in [0.25, 0.3) is 0 Å². The van der Waals surface area contributed by atoms with Gasteiger partial charge in [0.05, 0.1) is 5.56 Å². The fourth-order valence-electron chi connectivity index (χ4n) is 5.94. The molecule has 222 valence electrons. The summed E-state index contributed by atoms with van der Waals surface area (Å²) in [5.74, 6) is -1.41. The van der Waals surface area contributed by atoms with Crippen LogP contribution in [0.2, 0.25) is 0 Å². The predicted octanol–water partition coefficient (Wildman–Crippen LogP) is 5.07. The van der Waals surface area contributed by atoms with Gasteiger partial charge in [-0.25, -0.2) is 9.59 Å². The molecule has 14 heteroatoms. The van der Waals surface area contributed by atoms with Crippen molar-refractivity contribution in [2.45, 2.75) is 75.5 Å². The van der Waals surface area contributed by atoms with Crippen molar-refractivity contribution in [2.75, 3.05) is 32.7 Å². The molecule has 40 heavy (non-hydrogen) atoms. The molecule has 1 spiro atoms. The average molecular weight is 580 g/mol. The smallest absolute Gasteiger partial charge is 0.434 e. The number of carboxylic acids is 1. The van der Waals surface area contributed by atoms with E-state index < -0.39 is 36.1 Å².